The van der Waals surface area contributed by atoms with E-state index in [1.54, 1.807) is 16.9 Å². The van der Waals surface area contributed by atoms with Gasteiger partial charge in [-0.05, 0) is 16.3 Å². The number of carbonyl (C=O) groups excluding carboxylic acids is 2. The first-order valence-electron chi connectivity index (χ1n) is 8.91. The van der Waals surface area contributed by atoms with E-state index in [9.17, 15) is 9.59 Å². The number of rotatable bonds is 6. The topological polar surface area (TPSA) is 76.5 Å². The molecule has 0 aliphatic carbocycles. The van der Waals surface area contributed by atoms with Crippen molar-refractivity contribution >= 4 is 28.6 Å². The predicted molar refractivity (Wildman–Crippen MR) is 101 cm³/mol. The van der Waals surface area contributed by atoms with Gasteiger partial charge in [0.15, 0.2) is 0 Å². The van der Waals surface area contributed by atoms with E-state index in [4.69, 9.17) is 4.74 Å². The van der Waals surface area contributed by atoms with E-state index >= 15 is 0 Å². The van der Waals surface area contributed by atoms with Gasteiger partial charge in [-0.3, -0.25) is 4.79 Å². The number of aromatic nitrogens is 2. The second kappa shape index (κ2) is 7.49. The summed E-state index contributed by atoms with van der Waals surface area (Å²) >= 11 is 0. The number of benzene rings is 2. The Morgan fingerprint density at radius 2 is 2.00 bits per heavy atom. The van der Waals surface area contributed by atoms with Gasteiger partial charge in [0.2, 0.25) is 5.91 Å². The lowest BCUT2D eigenvalue weighted by Crippen LogP contribution is -2.28. The molecule has 0 atom stereocenters. The summed E-state index contributed by atoms with van der Waals surface area (Å²) in [5, 5.41) is 9.56. The Bertz CT molecular complexity index is 977. The van der Waals surface area contributed by atoms with Crippen molar-refractivity contribution < 1.29 is 14.3 Å². The zero-order valence-corrected chi connectivity index (χ0v) is 14.8. The number of nitrogens with one attached hydrogen (secondary N) is 1. The molecule has 2 heterocycles. The molecule has 7 nitrogen and oxygen atoms in total. The summed E-state index contributed by atoms with van der Waals surface area (Å²) in [6.45, 7) is 1.83. The van der Waals surface area contributed by atoms with Gasteiger partial charge in [-0.25, -0.2) is 9.48 Å². The van der Waals surface area contributed by atoms with Gasteiger partial charge in [-0.1, -0.05) is 42.5 Å². The van der Waals surface area contributed by atoms with Crippen LogP contribution in [0.4, 0.5) is 10.6 Å². The van der Waals surface area contributed by atoms with Gasteiger partial charge in [0.05, 0.1) is 19.3 Å². The van der Waals surface area contributed by atoms with Gasteiger partial charge in [-0.15, -0.1) is 0 Å². The lowest BCUT2D eigenvalue weighted by Gasteiger charge is -2.13. The fourth-order valence-corrected chi connectivity index (χ4v) is 3.23. The maximum absolute atomic E-state index is 12.3. The molecule has 138 valence electrons. The Hall–Kier alpha value is -3.35. The second-order valence-electron chi connectivity index (χ2n) is 6.41. The molecule has 1 fully saturated rings. The molecule has 1 aromatic heterocycles. The number of fused-ring (bicyclic) bond motifs is 1. The third-order valence-corrected chi connectivity index (χ3v) is 4.64. The lowest BCUT2D eigenvalue weighted by atomic mass is 10.0. The molecule has 0 unspecified atom stereocenters. The molecule has 4 rings (SSSR count). The van der Waals surface area contributed by atoms with Crippen LogP contribution < -0.4 is 5.32 Å². The summed E-state index contributed by atoms with van der Waals surface area (Å²) in [5.41, 5.74) is 1.13. The molecule has 0 spiro atoms. The van der Waals surface area contributed by atoms with Crippen LogP contribution in [0.25, 0.3) is 10.8 Å². The number of ether oxygens (including phenoxy) is 1. The summed E-state index contributed by atoms with van der Waals surface area (Å²) in [7, 11) is 0. The minimum absolute atomic E-state index is 0.158. The average Bonchev–Trinajstić information content (AvgIpc) is 3.29. The normalized spacial score (nSPS) is 13.8. The summed E-state index contributed by atoms with van der Waals surface area (Å²) in [6.07, 6.45) is 1.52. The third-order valence-electron chi connectivity index (χ3n) is 4.64. The van der Waals surface area contributed by atoms with Crippen LogP contribution in [0, 0.1) is 0 Å². The number of amides is 2. The Morgan fingerprint density at radius 1 is 1.15 bits per heavy atom. The molecule has 1 saturated heterocycles. The van der Waals surface area contributed by atoms with E-state index in [1.807, 2.05) is 18.2 Å². The first-order valence-corrected chi connectivity index (χ1v) is 8.91. The van der Waals surface area contributed by atoms with Crippen molar-refractivity contribution in [2.24, 2.45) is 0 Å². The first-order chi connectivity index (χ1) is 13.2. The molecule has 0 radical (unpaired) electrons. The molecule has 27 heavy (non-hydrogen) atoms. The van der Waals surface area contributed by atoms with Crippen LogP contribution >= 0.6 is 0 Å². The largest absolute Gasteiger partial charge is 0.448 e. The molecule has 2 amide bonds. The van der Waals surface area contributed by atoms with Crippen LogP contribution in [0.5, 0.6) is 0 Å². The predicted octanol–water partition coefficient (Wildman–Crippen LogP) is 2.87. The Morgan fingerprint density at radius 3 is 2.85 bits per heavy atom. The van der Waals surface area contributed by atoms with Crippen LogP contribution in [0.15, 0.2) is 54.7 Å². The molecular weight excluding hydrogens is 344 g/mol. The zero-order chi connectivity index (χ0) is 18.6. The highest BCUT2D eigenvalue weighted by Gasteiger charge is 2.22. The van der Waals surface area contributed by atoms with Crippen molar-refractivity contribution in [3.8, 4) is 0 Å². The van der Waals surface area contributed by atoms with E-state index in [1.165, 1.54) is 15.7 Å². The molecule has 7 heteroatoms. The van der Waals surface area contributed by atoms with E-state index in [0.29, 0.717) is 32.1 Å². The Balaban J connectivity index is 1.43. The molecule has 0 bridgehead atoms. The zero-order valence-electron chi connectivity index (χ0n) is 14.8. The van der Waals surface area contributed by atoms with Gasteiger partial charge in [-0.2, -0.15) is 5.10 Å². The van der Waals surface area contributed by atoms with Gasteiger partial charge in [0, 0.05) is 19.0 Å². The summed E-state index contributed by atoms with van der Waals surface area (Å²) in [5.74, 6) is 0.478. The maximum Gasteiger partial charge on any atom is 0.409 e. The number of carbonyl (C=O) groups is 2. The molecule has 0 saturated carbocycles. The van der Waals surface area contributed by atoms with Crippen LogP contribution in [-0.2, 0) is 16.1 Å². The van der Waals surface area contributed by atoms with Crippen molar-refractivity contribution in [3.63, 3.8) is 0 Å². The van der Waals surface area contributed by atoms with E-state index in [2.05, 4.69) is 34.7 Å². The van der Waals surface area contributed by atoms with E-state index in [-0.39, 0.29) is 18.4 Å². The molecular formula is C20H20N4O3. The van der Waals surface area contributed by atoms with Gasteiger partial charge < -0.3 is 15.0 Å². The lowest BCUT2D eigenvalue weighted by molar-refractivity contribution is -0.116. The standard InChI is InChI=1S/C20H20N4O3/c25-19(9-11-23-12-13-27-20(23)26)22-18-8-10-21-24(18)14-16-6-3-5-15-4-1-2-7-17(15)16/h1-8,10H,9,11-14H2,(H,22,25). The highest BCUT2D eigenvalue weighted by molar-refractivity contribution is 5.90. The number of cyclic esters (lactones) is 1. The van der Waals surface area contributed by atoms with Crippen LogP contribution in [0.2, 0.25) is 0 Å². The second-order valence-corrected chi connectivity index (χ2v) is 6.41. The van der Waals surface area contributed by atoms with Crippen LogP contribution in [0.1, 0.15) is 12.0 Å². The third kappa shape index (κ3) is 3.76. The van der Waals surface area contributed by atoms with Crippen molar-refractivity contribution in [3.05, 3.63) is 60.3 Å². The fraction of sp³-hybridized carbons (Fsp3) is 0.250. The van der Waals surface area contributed by atoms with Gasteiger partial charge >= 0.3 is 6.09 Å². The van der Waals surface area contributed by atoms with Crippen molar-refractivity contribution in [2.75, 3.05) is 25.0 Å². The number of hydrogen-bond donors (Lipinski definition) is 1. The Labute approximate surface area is 156 Å². The average molecular weight is 364 g/mol. The van der Waals surface area contributed by atoms with Crippen molar-refractivity contribution in [1.82, 2.24) is 14.7 Å². The van der Waals surface area contributed by atoms with E-state index in [0.717, 1.165) is 5.56 Å². The van der Waals surface area contributed by atoms with Gasteiger partial charge in [0.1, 0.15) is 12.4 Å². The minimum atomic E-state index is -0.358. The van der Waals surface area contributed by atoms with Crippen LogP contribution in [0.3, 0.4) is 0 Å². The summed E-state index contributed by atoms with van der Waals surface area (Å²) in [6, 6.07) is 16.1. The van der Waals surface area contributed by atoms with Crippen LogP contribution in [-0.4, -0.2) is 46.4 Å². The summed E-state index contributed by atoms with van der Waals surface area (Å²) in [4.78, 5) is 25.2. The number of nitrogens with zero attached hydrogens (tertiary/aromatic N) is 3. The molecule has 1 aliphatic rings. The Kier molecular flexibility index (Phi) is 4.74. The van der Waals surface area contributed by atoms with Crippen molar-refractivity contribution in [1.29, 1.82) is 0 Å². The quantitative estimate of drug-likeness (QED) is 0.730. The van der Waals surface area contributed by atoms with Gasteiger partial charge in [0.25, 0.3) is 0 Å². The maximum atomic E-state index is 12.3. The first kappa shape index (κ1) is 17.1. The highest BCUT2D eigenvalue weighted by atomic mass is 16.6. The smallest absolute Gasteiger partial charge is 0.409 e. The molecule has 3 aromatic rings. The SMILES string of the molecule is O=C(CCN1CCOC1=O)Nc1ccnn1Cc1cccc2ccccc12. The minimum Gasteiger partial charge on any atom is -0.448 e. The molecule has 2 aromatic carbocycles. The monoisotopic (exact) mass is 364 g/mol. The highest BCUT2D eigenvalue weighted by Crippen LogP contribution is 2.20. The fourth-order valence-electron chi connectivity index (χ4n) is 3.23. The number of hydrogen-bond acceptors (Lipinski definition) is 4. The molecule has 1 N–H and O–H groups in total. The molecule has 1 aliphatic heterocycles. The van der Waals surface area contributed by atoms with Crippen molar-refractivity contribution in [2.45, 2.75) is 13.0 Å². The summed E-state index contributed by atoms with van der Waals surface area (Å²) < 4.78 is 6.63. The number of anilines is 1. The van der Waals surface area contributed by atoms with E-state index < -0.39 is 0 Å².